The summed E-state index contributed by atoms with van der Waals surface area (Å²) in [5.41, 5.74) is 0.283. The summed E-state index contributed by atoms with van der Waals surface area (Å²) < 4.78 is 26.3. The number of rotatable bonds is 6. The summed E-state index contributed by atoms with van der Waals surface area (Å²) in [4.78, 5) is 0.0305. The fourth-order valence-electron chi connectivity index (χ4n) is 1.48. The van der Waals surface area contributed by atoms with E-state index in [1.807, 2.05) is 19.9 Å². The third kappa shape index (κ3) is 4.31. The fourth-order valence-corrected chi connectivity index (χ4v) is 2.58. The number of nitrogens with zero attached hydrogens (tertiary/aromatic N) is 1. The molecule has 6 heteroatoms. The summed E-state index contributed by atoms with van der Waals surface area (Å²) >= 11 is 0. The molecule has 1 aromatic carbocycles. The van der Waals surface area contributed by atoms with E-state index in [4.69, 9.17) is 5.26 Å². The molecule has 0 fully saturated rings. The summed E-state index contributed by atoms with van der Waals surface area (Å²) in [5.74, 6) is 0.0214. The smallest absolute Gasteiger partial charge is 0.240 e. The van der Waals surface area contributed by atoms with E-state index >= 15 is 0 Å². The number of nitrogens with one attached hydrogen (secondary N) is 1. The van der Waals surface area contributed by atoms with Crippen molar-refractivity contribution in [1.82, 2.24) is 4.72 Å². The maximum absolute atomic E-state index is 12.0. The van der Waals surface area contributed by atoms with Gasteiger partial charge in [-0.2, -0.15) is 5.26 Å². The molecule has 0 aliphatic rings. The molecule has 0 aromatic heterocycles. The topological polar surface area (TPSA) is 90.2 Å². The van der Waals surface area contributed by atoms with E-state index in [1.54, 1.807) is 0 Å². The van der Waals surface area contributed by atoms with Crippen molar-refractivity contribution in [1.29, 1.82) is 5.26 Å². The third-order valence-corrected chi connectivity index (χ3v) is 4.48. The Morgan fingerprint density at radius 2 is 2.16 bits per heavy atom. The van der Waals surface area contributed by atoms with E-state index in [0.29, 0.717) is 0 Å². The number of hydrogen-bond acceptors (Lipinski definition) is 4. The van der Waals surface area contributed by atoms with Crippen molar-refractivity contribution in [2.24, 2.45) is 5.92 Å². The first-order valence-electron chi connectivity index (χ1n) is 6.08. The van der Waals surface area contributed by atoms with Crippen molar-refractivity contribution in [2.75, 3.05) is 6.54 Å². The summed E-state index contributed by atoms with van der Waals surface area (Å²) in [6.45, 7) is 3.75. The van der Waals surface area contributed by atoms with Gasteiger partial charge in [0, 0.05) is 6.54 Å². The van der Waals surface area contributed by atoms with E-state index in [-0.39, 0.29) is 22.9 Å². The lowest BCUT2D eigenvalue weighted by Crippen LogP contribution is -2.35. The highest BCUT2D eigenvalue weighted by molar-refractivity contribution is 7.89. The molecule has 19 heavy (non-hydrogen) atoms. The first-order valence-corrected chi connectivity index (χ1v) is 7.57. The van der Waals surface area contributed by atoms with Gasteiger partial charge in [0.1, 0.15) is 0 Å². The lowest BCUT2D eigenvalue weighted by molar-refractivity contribution is 0.118. The quantitative estimate of drug-likeness (QED) is 0.821. The van der Waals surface area contributed by atoms with Crippen molar-refractivity contribution in [3.63, 3.8) is 0 Å². The zero-order valence-electron chi connectivity index (χ0n) is 11.0. The highest BCUT2D eigenvalue weighted by atomic mass is 32.2. The number of aliphatic hydroxyl groups excluding tert-OH is 1. The van der Waals surface area contributed by atoms with Crippen LogP contribution in [0.15, 0.2) is 29.2 Å². The van der Waals surface area contributed by atoms with Gasteiger partial charge in [-0.15, -0.1) is 0 Å². The average molecular weight is 282 g/mol. The molecule has 104 valence electrons. The van der Waals surface area contributed by atoms with Crippen molar-refractivity contribution in [2.45, 2.75) is 31.3 Å². The number of hydrogen-bond donors (Lipinski definition) is 2. The molecule has 0 saturated carbocycles. The SMILES string of the molecule is CCC(C)C(O)CNS(=O)(=O)c1cccc(C#N)c1. The summed E-state index contributed by atoms with van der Waals surface area (Å²) in [6.07, 6.45) is 0.0474. The van der Waals surface area contributed by atoms with Gasteiger partial charge in [-0.05, 0) is 24.1 Å². The van der Waals surface area contributed by atoms with E-state index in [0.717, 1.165) is 6.42 Å². The maximum Gasteiger partial charge on any atom is 0.240 e. The van der Waals surface area contributed by atoms with Crippen molar-refractivity contribution < 1.29 is 13.5 Å². The predicted octanol–water partition coefficient (Wildman–Crippen LogP) is 1.24. The van der Waals surface area contributed by atoms with Crippen LogP contribution in [0.3, 0.4) is 0 Å². The standard InChI is InChI=1S/C13H18N2O3S/c1-3-10(2)13(16)9-15-19(17,18)12-6-4-5-11(7-12)8-14/h4-7,10,13,15-16H,3,9H2,1-2H3. The fraction of sp³-hybridized carbons (Fsp3) is 0.462. The van der Waals surface area contributed by atoms with Crippen LogP contribution in [-0.2, 0) is 10.0 Å². The molecule has 1 aromatic rings. The van der Waals surface area contributed by atoms with Crippen LogP contribution < -0.4 is 4.72 Å². The van der Waals surface area contributed by atoms with Gasteiger partial charge in [-0.3, -0.25) is 0 Å². The molecule has 0 radical (unpaired) electrons. The molecular formula is C13H18N2O3S. The first kappa shape index (κ1) is 15.6. The Bertz CT molecular complexity index is 563. The normalized spacial score (nSPS) is 14.6. The minimum atomic E-state index is -3.69. The molecule has 2 N–H and O–H groups in total. The second-order valence-corrected chi connectivity index (χ2v) is 6.21. The Balaban J connectivity index is 2.79. The predicted molar refractivity (Wildman–Crippen MR) is 71.8 cm³/mol. The van der Waals surface area contributed by atoms with Gasteiger partial charge in [0.2, 0.25) is 10.0 Å². The molecule has 2 unspecified atom stereocenters. The molecule has 0 amide bonds. The highest BCUT2D eigenvalue weighted by Gasteiger charge is 2.18. The van der Waals surface area contributed by atoms with Crippen molar-refractivity contribution in [3.8, 4) is 6.07 Å². The molecule has 0 heterocycles. The Hall–Kier alpha value is -1.42. The zero-order chi connectivity index (χ0) is 14.5. The van der Waals surface area contributed by atoms with Gasteiger partial charge in [-0.25, -0.2) is 13.1 Å². The lowest BCUT2D eigenvalue weighted by atomic mass is 10.0. The van der Waals surface area contributed by atoms with Crippen LogP contribution in [-0.4, -0.2) is 26.2 Å². The molecule has 0 spiro atoms. The van der Waals surface area contributed by atoms with Crippen LogP contribution in [0.4, 0.5) is 0 Å². The number of benzene rings is 1. The van der Waals surface area contributed by atoms with E-state index in [2.05, 4.69) is 4.72 Å². The Morgan fingerprint density at radius 1 is 1.47 bits per heavy atom. The summed E-state index contributed by atoms with van der Waals surface area (Å²) in [5, 5.41) is 18.5. The van der Waals surface area contributed by atoms with E-state index < -0.39 is 16.1 Å². The number of nitriles is 1. The molecule has 0 bridgehead atoms. The Labute approximate surface area is 113 Å². The molecule has 2 atom stereocenters. The zero-order valence-corrected chi connectivity index (χ0v) is 11.8. The Kier molecular flexibility index (Phi) is 5.48. The molecule has 5 nitrogen and oxygen atoms in total. The first-order chi connectivity index (χ1) is 8.90. The van der Waals surface area contributed by atoms with Crippen molar-refractivity contribution >= 4 is 10.0 Å². The van der Waals surface area contributed by atoms with Crippen LogP contribution in [0.5, 0.6) is 0 Å². The van der Waals surface area contributed by atoms with Gasteiger partial charge in [0.25, 0.3) is 0 Å². The van der Waals surface area contributed by atoms with Gasteiger partial charge in [-0.1, -0.05) is 26.3 Å². The third-order valence-electron chi connectivity index (χ3n) is 3.06. The van der Waals surface area contributed by atoms with Gasteiger partial charge in [0.05, 0.1) is 22.6 Å². The second-order valence-electron chi connectivity index (χ2n) is 4.44. The minimum Gasteiger partial charge on any atom is -0.391 e. The van der Waals surface area contributed by atoms with Gasteiger partial charge >= 0.3 is 0 Å². The molecule has 0 aliphatic carbocycles. The second kappa shape index (κ2) is 6.66. The average Bonchev–Trinajstić information content (AvgIpc) is 2.43. The van der Waals surface area contributed by atoms with E-state index in [9.17, 15) is 13.5 Å². The molecule has 1 rings (SSSR count). The minimum absolute atomic E-state index is 0.0214. The van der Waals surface area contributed by atoms with E-state index in [1.165, 1.54) is 24.3 Å². The molecular weight excluding hydrogens is 264 g/mol. The monoisotopic (exact) mass is 282 g/mol. The van der Waals surface area contributed by atoms with Crippen LogP contribution in [0.25, 0.3) is 0 Å². The largest absolute Gasteiger partial charge is 0.391 e. The van der Waals surface area contributed by atoms with Gasteiger partial charge in [0.15, 0.2) is 0 Å². The Morgan fingerprint density at radius 3 is 2.74 bits per heavy atom. The van der Waals surface area contributed by atoms with Crippen LogP contribution in [0.2, 0.25) is 0 Å². The summed E-state index contributed by atoms with van der Waals surface area (Å²) in [6, 6.07) is 7.66. The maximum atomic E-state index is 12.0. The molecule has 0 saturated heterocycles. The number of aliphatic hydroxyl groups is 1. The van der Waals surface area contributed by atoms with Crippen LogP contribution in [0, 0.1) is 17.2 Å². The van der Waals surface area contributed by atoms with Crippen molar-refractivity contribution in [3.05, 3.63) is 29.8 Å². The van der Waals surface area contributed by atoms with Crippen LogP contribution >= 0.6 is 0 Å². The number of sulfonamides is 1. The lowest BCUT2D eigenvalue weighted by Gasteiger charge is -2.17. The molecule has 0 aliphatic heterocycles. The summed E-state index contributed by atoms with van der Waals surface area (Å²) in [7, 11) is -3.69. The van der Waals surface area contributed by atoms with Gasteiger partial charge < -0.3 is 5.11 Å². The van der Waals surface area contributed by atoms with Crippen LogP contribution in [0.1, 0.15) is 25.8 Å². The highest BCUT2D eigenvalue weighted by Crippen LogP contribution is 2.12.